The number of aliphatic hydroxyl groups is 3. The van der Waals surface area contributed by atoms with E-state index in [1.54, 1.807) is 0 Å². The zero-order chi connectivity index (χ0) is 25.1. The smallest absolute Gasteiger partial charge is 0.0865 e. The lowest BCUT2D eigenvalue weighted by molar-refractivity contribution is -0.248. The van der Waals surface area contributed by atoms with Crippen molar-refractivity contribution in [3.8, 4) is 0 Å². The standard InChI is InChI=1S/C30H52O4/c1-25(2)20-10-15-28(6)21(27(20,5)13-11-22(25)32)17-19(31)24-18(9-14-29(24,28)7)30(8)16-12-23(34-30)26(3,4)33/h18-24,31-33H,9-17H2,1-8H3/t18-,19-,20-,21+,22-,23+,24-,27-,28+,29+,30-/m0/s1. The first kappa shape index (κ1) is 25.5. The number of hydrogen-bond acceptors (Lipinski definition) is 4. The van der Waals surface area contributed by atoms with Crippen LogP contribution in [0.15, 0.2) is 0 Å². The molecule has 0 aromatic rings. The molecule has 3 N–H and O–H groups in total. The van der Waals surface area contributed by atoms with Crippen LogP contribution in [0.4, 0.5) is 0 Å². The Hall–Kier alpha value is -0.160. The second-order valence-corrected chi connectivity index (χ2v) is 15.4. The Bertz CT molecular complexity index is 817. The largest absolute Gasteiger partial charge is 0.393 e. The zero-order valence-corrected chi connectivity index (χ0v) is 23.2. The van der Waals surface area contributed by atoms with Crippen molar-refractivity contribution in [1.82, 2.24) is 0 Å². The summed E-state index contributed by atoms with van der Waals surface area (Å²) in [6.07, 6.45) is 8.72. The summed E-state index contributed by atoms with van der Waals surface area (Å²) >= 11 is 0. The molecule has 1 heterocycles. The van der Waals surface area contributed by atoms with Crippen molar-refractivity contribution >= 4 is 0 Å². The van der Waals surface area contributed by atoms with E-state index in [0.717, 1.165) is 44.9 Å². The minimum absolute atomic E-state index is 0.0630. The summed E-state index contributed by atoms with van der Waals surface area (Å²) in [6, 6.07) is 0. The van der Waals surface area contributed by atoms with Crippen LogP contribution in [-0.2, 0) is 4.74 Å². The number of ether oxygens (including phenoxy) is 1. The van der Waals surface area contributed by atoms with Crippen molar-refractivity contribution in [2.75, 3.05) is 0 Å². The van der Waals surface area contributed by atoms with Gasteiger partial charge in [-0.1, -0.05) is 34.6 Å². The van der Waals surface area contributed by atoms with E-state index in [1.807, 2.05) is 13.8 Å². The van der Waals surface area contributed by atoms with Crippen molar-refractivity contribution in [3.05, 3.63) is 0 Å². The van der Waals surface area contributed by atoms with Gasteiger partial charge < -0.3 is 20.1 Å². The molecule has 0 spiro atoms. The fourth-order valence-corrected chi connectivity index (χ4v) is 11.1. The van der Waals surface area contributed by atoms with E-state index < -0.39 is 5.60 Å². The van der Waals surface area contributed by atoms with Crippen LogP contribution < -0.4 is 0 Å². The Morgan fingerprint density at radius 2 is 1.41 bits per heavy atom. The van der Waals surface area contributed by atoms with Crippen LogP contribution in [0.1, 0.15) is 113 Å². The quantitative estimate of drug-likeness (QED) is 0.477. The van der Waals surface area contributed by atoms with Crippen molar-refractivity contribution in [2.45, 2.75) is 143 Å². The Morgan fingerprint density at radius 1 is 0.765 bits per heavy atom. The maximum Gasteiger partial charge on any atom is 0.0865 e. The van der Waals surface area contributed by atoms with Crippen LogP contribution in [-0.4, -0.2) is 44.8 Å². The molecule has 5 rings (SSSR count). The molecule has 196 valence electrons. The monoisotopic (exact) mass is 476 g/mol. The minimum Gasteiger partial charge on any atom is -0.393 e. The first-order valence-electron chi connectivity index (χ1n) is 14.3. The second kappa shape index (κ2) is 7.45. The van der Waals surface area contributed by atoms with Gasteiger partial charge in [0, 0.05) is 0 Å². The van der Waals surface area contributed by atoms with E-state index in [-0.39, 0.29) is 51.5 Å². The van der Waals surface area contributed by atoms with Crippen LogP contribution in [0.25, 0.3) is 0 Å². The molecule has 11 atom stereocenters. The molecule has 34 heavy (non-hydrogen) atoms. The van der Waals surface area contributed by atoms with Gasteiger partial charge in [-0.25, -0.2) is 0 Å². The highest BCUT2D eigenvalue weighted by Crippen LogP contribution is 2.76. The average molecular weight is 477 g/mol. The molecule has 4 aliphatic carbocycles. The Morgan fingerprint density at radius 3 is 2.03 bits per heavy atom. The molecule has 0 amide bonds. The lowest BCUT2D eigenvalue weighted by atomic mass is 9.35. The van der Waals surface area contributed by atoms with Crippen LogP contribution in [0, 0.1) is 45.3 Å². The number of fused-ring (bicyclic) bond motifs is 5. The highest BCUT2D eigenvalue weighted by molar-refractivity contribution is 5.20. The predicted octanol–water partition coefficient (Wildman–Crippen LogP) is 5.71. The molecular formula is C30H52O4. The highest BCUT2D eigenvalue weighted by Gasteiger charge is 2.71. The minimum atomic E-state index is -0.826. The van der Waals surface area contributed by atoms with Gasteiger partial charge in [0.05, 0.1) is 29.5 Å². The molecule has 5 aliphatic rings. The van der Waals surface area contributed by atoms with Gasteiger partial charge in [0.1, 0.15) is 0 Å². The van der Waals surface area contributed by atoms with Crippen LogP contribution in [0.3, 0.4) is 0 Å². The third-order valence-corrected chi connectivity index (χ3v) is 13.3. The van der Waals surface area contributed by atoms with Crippen LogP contribution >= 0.6 is 0 Å². The van der Waals surface area contributed by atoms with E-state index in [4.69, 9.17) is 4.74 Å². The van der Waals surface area contributed by atoms with E-state index in [0.29, 0.717) is 17.8 Å². The fourth-order valence-electron chi connectivity index (χ4n) is 11.1. The molecule has 5 fully saturated rings. The third-order valence-electron chi connectivity index (χ3n) is 13.3. The van der Waals surface area contributed by atoms with Crippen LogP contribution in [0.2, 0.25) is 0 Å². The summed E-state index contributed by atoms with van der Waals surface area (Å²) in [5, 5.41) is 33.4. The van der Waals surface area contributed by atoms with Crippen molar-refractivity contribution in [1.29, 1.82) is 0 Å². The van der Waals surface area contributed by atoms with Gasteiger partial charge in [-0.15, -0.1) is 0 Å². The van der Waals surface area contributed by atoms with Crippen molar-refractivity contribution in [2.24, 2.45) is 45.3 Å². The van der Waals surface area contributed by atoms with E-state index in [2.05, 4.69) is 41.5 Å². The summed E-state index contributed by atoms with van der Waals surface area (Å²) in [4.78, 5) is 0. The summed E-state index contributed by atoms with van der Waals surface area (Å²) in [7, 11) is 0. The molecule has 4 nitrogen and oxygen atoms in total. The lowest BCUT2D eigenvalue weighted by Crippen LogP contribution is -2.66. The topological polar surface area (TPSA) is 69.9 Å². The van der Waals surface area contributed by atoms with E-state index >= 15 is 0 Å². The Labute approximate surface area is 208 Å². The third kappa shape index (κ3) is 3.16. The first-order valence-corrected chi connectivity index (χ1v) is 14.3. The molecule has 0 aromatic carbocycles. The molecule has 0 radical (unpaired) electrons. The van der Waals surface area contributed by atoms with Gasteiger partial charge in [-0.3, -0.25) is 0 Å². The SMILES string of the molecule is CC(C)(O)[C@H]1CC[C@@](C)([C@H]2CC[C@]3(C)[C@@H]2[C@@H](O)C[C@@H]2[C@@]4(C)CC[C@H](O)C(C)(C)[C@@H]4CC[C@]23C)O1. The average Bonchev–Trinajstić information content (AvgIpc) is 3.30. The van der Waals surface area contributed by atoms with Gasteiger partial charge in [0.25, 0.3) is 0 Å². The Kier molecular flexibility index (Phi) is 5.59. The molecular weight excluding hydrogens is 424 g/mol. The van der Waals surface area contributed by atoms with Crippen molar-refractivity contribution < 1.29 is 20.1 Å². The van der Waals surface area contributed by atoms with Gasteiger partial charge >= 0.3 is 0 Å². The summed E-state index contributed by atoms with van der Waals surface area (Å²) < 4.78 is 6.66. The van der Waals surface area contributed by atoms with Gasteiger partial charge in [0.2, 0.25) is 0 Å². The number of rotatable bonds is 2. The molecule has 1 aliphatic heterocycles. The predicted molar refractivity (Wildman–Crippen MR) is 135 cm³/mol. The maximum absolute atomic E-state index is 11.9. The lowest BCUT2D eigenvalue weighted by Gasteiger charge is -2.70. The van der Waals surface area contributed by atoms with Gasteiger partial charge in [-0.2, -0.15) is 0 Å². The van der Waals surface area contributed by atoms with Crippen LogP contribution in [0.5, 0.6) is 0 Å². The maximum atomic E-state index is 11.9. The van der Waals surface area contributed by atoms with Crippen molar-refractivity contribution in [3.63, 3.8) is 0 Å². The number of hydrogen-bond donors (Lipinski definition) is 3. The van der Waals surface area contributed by atoms with Gasteiger partial charge in [-0.05, 0) is 124 Å². The van der Waals surface area contributed by atoms with Gasteiger partial charge in [0.15, 0.2) is 0 Å². The Balaban J connectivity index is 1.48. The summed E-state index contributed by atoms with van der Waals surface area (Å²) in [6.45, 7) is 18.1. The normalized spacial score (nSPS) is 57.1. The molecule has 0 bridgehead atoms. The van der Waals surface area contributed by atoms with E-state index in [1.165, 1.54) is 12.8 Å². The molecule has 4 saturated carbocycles. The number of aliphatic hydroxyl groups excluding tert-OH is 2. The molecule has 1 saturated heterocycles. The molecule has 4 heteroatoms. The first-order chi connectivity index (χ1) is 15.5. The second-order valence-electron chi connectivity index (χ2n) is 15.4. The highest BCUT2D eigenvalue weighted by atomic mass is 16.5. The van der Waals surface area contributed by atoms with E-state index in [9.17, 15) is 15.3 Å². The summed E-state index contributed by atoms with van der Waals surface area (Å²) in [5.41, 5.74) is -0.703. The molecule has 0 aromatic heterocycles. The zero-order valence-electron chi connectivity index (χ0n) is 23.2. The fraction of sp³-hybridized carbons (Fsp3) is 1.00. The summed E-state index contributed by atoms with van der Waals surface area (Å²) in [5.74, 6) is 1.59. The molecule has 0 unspecified atom stereocenters.